The SMILES string of the molecule is CC1CC(NC(=O)C(C)C(N)c2ccccc2)C1. The molecule has 2 unspecified atom stereocenters. The Bertz CT molecular complexity index is 398. The molecule has 2 atom stereocenters. The van der Waals surface area contributed by atoms with Crippen molar-refractivity contribution in [1.82, 2.24) is 5.32 Å². The number of carbonyl (C=O) groups is 1. The van der Waals surface area contributed by atoms with Crippen LogP contribution in [0.1, 0.15) is 38.3 Å². The van der Waals surface area contributed by atoms with E-state index in [1.807, 2.05) is 37.3 Å². The average molecular weight is 246 g/mol. The zero-order valence-corrected chi connectivity index (χ0v) is 11.1. The minimum Gasteiger partial charge on any atom is -0.353 e. The second kappa shape index (κ2) is 5.53. The predicted octanol–water partition coefficient (Wildman–Crippen LogP) is 2.24. The van der Waals surface area contributed by atoms with Gasteiger partial charge in [0.1, 0.15) is 0 Å². The molecule has 0 bridgehead atoms. The molecule has 1 aliphatic carbocycles. The fourth-order valence-electron chi connectivity index (χ4n) is 2.48. The fraction of sp³-hybridized carbons (Fsp3) is 0.533. The summed E-state index contributed by atoms with van der Waals surface area (Å²) in [4.78, 5) is 12.1. The van der Waals surface area contributed by atoms with Gasteiger partial charge in [-0.1, -0.05) is 44.2 Å². The minimum atomic E-state index is -0.233. The molecule has 0 aromatic heterocycles. The average Bonchev–Trinajstić information content (AvgIpc) is 2.36. The van der Waals surface area contributed by atoms with Gasteiger partial charge in [0, 0.05) is 12.1 Å². The highest BCUT2D eigenvalue weighted by molar-refractivity contribution is 5.79. The highest BCUT2D eigenvalue weighted by Crippen LogP contribution is 2.27. The molecule has 1 saturated carbocycles. The zero-order valence-electron chi connectivity index (χ0n) is 11.1. The van der Waals surface area contributed by atoms with Crippen molar-refractivity contribution in [2.75, 3.05) is 0 Å². The van der Waals surface area contributed by atoms with E-state index in [0.29, 0.717) is 6.04 Å². The molecular weight excluding hydrogens is 224 g/mol. The molecule has 0 heterocycles. The molecule has 0 radical (unpaired) electrons. The summed E-state index contributed by atoms with van der Waals surface area (Å²) in [5, 5.41) is 3.08. The summed E-state index contributed by atoms with van der Waals surface area (Å²) in [6.07, 6.45) is 2.19. The van der Waals surface area contributed by atoms with Gasteiger partial charge in [-0.15, -0.1) is 0 Å². The van der Waals surface area contributed by atoms with Crippen molar-refractivity contribution in [1.29, 1.82) is 0 Å². The van der Waals surface area contributed by atoms with Gasteiger partial charge in [0.15, 0.2) is 0 Å². The predicted molar refractivity (Wildman–Crippen MR) is 72.9 cm³/mol. The van der Waals surface area contributed by atoms with Crippen LogP contribution in [0.3, 0.4) is 0 Å². The Balaban J connectivity index is 1.90. The quantitative estimate of drug-likeness (QED) is 0.856. The summed E-state index contributed by atoms with van der Waals surface area (Å²) in [5.41, 5.74) is 7.16. The highest BCUT2D eigenvalue weighted by Gasteiger charge is 2.29. The van der Waals surface area contributed by atoms with Crippen LogP contribution < -0.4 is 11.1 Å². The van der Waals surface area contributed by atoms with Crippen LogP contribution in [0.15, 0.2) is 30.3 Å². The molecule has 1 fully saturated rings. The Morgan fingerprint density at radius 3 is 2.50 bits per heavy atom. The monoisotopic (exact) mass is 246 g/mol. The number of rotatable bonds is 4. The van der Waals surface area contributed by atoms with Crippen LogP contribution in [0, 0.1) is 11.8 Å². The van der Waals surface area contributed by atoms with Gasteiger partial charge in [0.05, 0.1) is 5.92 Å². The summed E-state index contributed by atoms with van der Waals surface area (Å²) in [7, 11) is 0. The Kier molecular flexibility index (Phi) is 4.02. The van der Waals surface area contributed by atoms with Crippen molar-refractivity contribution < 1.29 is 4.79 Å². The summed E-state index contributed by atoms with van der Waals surface area (Å²) < 4.78 is 0. The summed E-state index contributed by atoms with van der Waals surface area (Å²) >= 11 is 0. The Labute approximate surface area is 109 Å². The van der Waals surface area contributed by atoms with Crippen LogP contribution in [0.25, 0.3) is 0 Å². The van der Waals surface area contributed by atoms with Gasteiger partial charge in [-0.2, -0.15) is 0 Å². The lowest BCUT2D eigenvalue weighted by atomic mass is 9.81. The van der Waals surface area contributed by atoms with Crippen LogP contribution in [0.5, 0.6) is 0 Å². The van der Waals surface area contributed by atoms with Crippen molar-refractivity contribution in [2.24, 2.45) is 17.6 Å². The van der Waals surface area contributed by atoms with Gasteiger partial charge < -0.3 is 11.1 Å². The number of hydrogen-bond acceptors (Lipinski definition) is 2. The first-order valence-electron chi connectivity index (χ1n) is 6.69. The van der Waals surface area contributed by atoms with Crippen molar-refractivity contribution in [3.05, 3.63) is 35.9 Å². The number of carbonyl (C=O) groups excluding carboxylic acids is 1. The molecule has 2 rings (SSSR count). The topological polar surface area (TPSA) is 55.1 Å². The van der Waals surface area contributed by atoms with Crippen molar-refractivity contribution in [3.63, 3.8) is 0 Å². The summed E-state index contributed by atoms with van der Waals surface area (Å²) in [6, 6.07) is 9.93. The summed E-state index contributed by atoms with van der Waals surface area (Å²) in [5.74, 6) is 0.625. The van der Waals surface area contributed by atoms with E-state index in [1.54, 1.807) is 0 Å². The van der Waals surface area contributed by atoms with E-state index in [0.717, 1.165) is 24.3 Å². The van der Waals surface area contributed by atoms with Gasteiger partial charge in [0.2, 0.25) is 5.91 Å². The molecule has 1 aliphatic rings. The molecule has 1 aromatic carbocycles. The van der Waals surface area contributed by atoms with Gasteiger partial charge in [-0.25, -0.2) is 0 Å². The van der Waals surface area contributed by atoms with E-state index in [9.17, 15) is 4.79 Å². The third-order valence-corrected chi connectivity index (χ3v) is 3.86. The van der Waals surface area contributed by atoms with E-state index < -0.39 is 0 Å². The lowest BCUT2D eigenvalue weighted by Crippen LogP contribution is -2.47. The molecule has 3 N–H and O–H groups in total. The van der Waals surface area contributed by atoms with Crippen LogP contribution in [-0.4, -0.2) is 11.9 Å². The molecular formula is C15H22N2O. The van der Waals surface area contributed by atoms with Crippen LogP contribution in [-0.2, 0) is 4.79 Å². The summed E-state index contributed by atoms with van der Waals surface area (Å²) in [6.45, 7) is 4.11. The van der Waals surface area contributed by atoms with Gasteiger partial charge >= 0.3 is 0 Å². The number of benzene rings is 1. The third-order valence-electron chi connectivity index (χ3n) is 3.86. The Hall–Kier alpha value is -1.35. The number of amides is 1. The second-order valence-corrected chi connectivity index (χ2v) is 5.51. The smallest absolute Gasteiger partial charge is 0.224 e. The molecule has 0 spiro atoms. The molecule has 1 aromatic rings. The highest BCUT2D eigenvalue weighted by atomic mass is 16.2. The van der Waals surface area contributed by atoms with Crippen molar-refractivity contribution in [2.45, 2.75) is 38.8 Å². The Morgan fingerprint density at radius 1 is 1.33 bits per heavy atom. The van der Waals surface area contributed by atoms with Crippen LogP contribution >= 0.6 is 0 Å². The van der Waals surface area contributed by atoms with Gasteiger partial charge in [-0.3, -0.25) is 4.79 Å². The maximum absolute atomic E-state index is 12.1. The third kappa shape index (κ3) is 2.91. The van der Waals surface area contributed by atoms with Crippen LogP contribution in [0.2, 0.25) is 0 Å². The van der Waals surface area contributed by atoms with E-state index in [1.165, 1.54) is 0 Å². The van der Waals surface area contributed by atoms with Crippen molar-refractivity contribution in [3.8, 4) is 0 Å². The van der Waals surface area contributed by atoms with Crippen LogP contribution in [0.4, 0.5) is 0 Å². The molecule has 18 heavy (non-hydrogen) atoms. The number of nitrogens with two attached hydrogens (primary N) is 1. The second-order valence-electron chi connectivity index (χ2n) is 5.51. The Morgan fingerprint density at radius 2 is 1.94 bits per heavy atom. The maximum atomic E-state index is 12.1. The van der Waals surface area contributed by atoms with E-state index in [4.69, 9.17) is 5.73 Å². The number of hydrogen-bond donors (Lipinski definition) is 2. The first-order chi connectivity index (χ1) is 8.58. The van der Waals surface area contributed by atoms with E-state index >= 15 is 0 Å². The molecule has 0 saturated heterocycles. The van der Waals surface area contributed by atoms with Crippen molar-refractivity contribution >= 4 is 5.91 Å². The maximum Gasteiger partial charge on any atom is 0.224 e. The largest absolute Gasteiger partial charge is 0.353 e. The standard InChI is InChI=1S/C15H22N2O/c1-10-8-13(9-10)17-15(18)11(2)14(16)12-6-4-3-5-7-12/h3-7,10-11,13-14H,8-9,16H2,1-2H3,(H,17,18). The minimum absolute atomic E-state index is 0.0725. The lowest BCUT2D eigenvalue weighted by Gasteiger charge is -2.34. The molecule has 98 valence electrons. The first kappa shape index (κ1) is 13.1. The van der Waals surface area contributed by atoms with Gasteiger partial charge in [-0.05, 0) is 24.3 Å². The zero-order chi connectivity index (χ0) is 13.1. The molecule has 1 amide bonds. The fourth-order valence-corrected chi connectivity index (χ4v) is 2.48. The van der Waals surface area contributed by atoms with E-state index in [2.05, 4.69) is 12.2 Å². The molecule has 3 heteroatoms. The lowest BCUT2D eigenvalue weighted by molar-refractivity contribution is -0.126. The van der Waals surface area contributed by atoms with Gasteiger partial charge in [0.25, 0.3) is 0 Å². The normalized spacial score (nSPS) is 25.9. The first-order valence-corrected chi connectivity index (χ1v) is 6.69. The molecule has 0 aliphatic heterocycles. The molecule has 3 nitrogen and oxygen atoms in total. The van der Waals surface area contributed by atoms with E-state index in [-0.39, 0.29) is 17.9 Å². The number of nitrogens with one attached hydrogen (secondary N) is 1.